The average Bonchev–Trinajstić information content (AvgIpc) is 2.43. The average molecular weight is 292 g/mol. The van der Waals surface area contributed by atoms with Gasteiger partial charge >= 0.3 is 0 Å². The van der Waals surface area contributed by atoms with Crippen molar-refractivity contribution >= 4 is 0 Å². The fourth-order valence-corrected chi connectivity index (χ4v) is 6.22. The molecule has 0 aromatic carbocycles. The Kier molecular flexibility index (Phi) is 3.79. The van der Waals surface area contributed by atoms with Gasteiger partial charge in [0.1, 0.15) is 0 Å². The Labute approximate surface area is 129 Å². The summed E-state index contributed by atoms with van der Waals surface area (Å²) in [5, 5.41) is 3.88. The lowest BCUT2D eigenvalue weighted by atomic mass is 9.48. The number of nitrogens with zero attached hydrogens (tertiary/aromatic N) is 1. The molecule has 1 aliphatic heterocycles. The number of rotatable bonds is 4. The van der Waals surface area contributed by atoms with Crippen molar-refractivity contribution in [2.45, 2.75) is 57.6 Å². The molecular weight excluding hydrogens is 260 g/mol. The third-order valence-electron chi connectivity index (χ3n) is 7.00. The van der Waals surface area contributed by atoms with Crippen LogP contribution < -0.4 is 5.32 Å². The normalized spacial score (nSPS) is 47.7. The number of nitrogens with one attached hydrogen (secondary N) is 1. The first-order valence-corrected chi connectivity index (χ1v) is 9.16. The smallest absolute Gasteiger partial charge is 0.0826 e. The van der Waals surface area contributed by atoms with E-state index >= 15 is 0 Å². The third kappa shape index (κ3) is 2.77. The van der Waals surface area contributed by atoms with Crippen molar-refractivity contribution in [1.82, 2.24) is 10.2 Å². The molecule has 4 aliphatic carbocycles. The fourth-order valence-electron chi connectivity index (χ4n) is 6.22. The van der Waals surface area contributed by atoms with E-state index in [0.29, 0.717) is 17.6 Å². The molecule has 21 heavy (non-hydrogen) atoms. The Bertz CT molecular complexity index is 348. The largest absolute Gasteiger partial charge is 0.374 e. The second kappa shape index (κ2) is 5.50. The molecule has 1 heterocycles. The van der Waals surface area contributed by atoms with E-state index in [2.05, 4.69) is 24.2 Å². The van der Waals surface area contributed by atoms with Crippen LogP contribution in [0.15, 0.2) is 0 Å². The standard InChI is InChI=1S/C18H32N2O/c1-13(19-11-17-12-20(2)3-4-21-17)18-8-14-5-15(9-18)7-16(6-14)10-18/h13-17,19H,3-12H2,1-2H3. The molecule has 120 valence electrons. The molecule has 2 atom stereocenters. The van der Waals surface area contributed by atoms with E-state index in [1.165, 1.54) is 19.3 Å². The van der Waals surface area contributed by atoms with Gasteiger partial charge in [-0.3, -0.25) is 0 Å². The molecule has 5 aliphatic rings. The fraction of sp³-hybridized carbons (Fsp3) is 1.00. The molecule has 0 amide bonds. The molecule has 1 saturated heterocycles. The van der Waals surface area contributed by atoms with Crippen molar-refractivity contribution in [3.8, 4) is 0 Å². The topological polar surface area (TPSA) is 24.5 Å². The minimum atomic E-state index is 0.389. The van der Waals surface area contributed by atoms with Crippen LogP contribution in [0.3, 0.4) is 0 Å². The zero-order valence-corrected chi connectivity index (χ0v) is 13.8. The molecule has 2 unspecified atom stereocenters. The summed E-state index contributed by atoms with van der Waals surface area (Å²) in [6, 6.07) is 0.668. The van der Waals surface area contributed by atoms with Crippen molar-refractivity contribution in [1.29, 1.82) is 0 Å². The number of hydrogen-bond acceptors (Lipinski definition) is 3. The van der Waals surface area contributed by atoms with Crippen LogP contribution in [-0.4, -0.2) is 50.3 Å². The summed E-state index contributed by atoms with van der Waals surface area (Å²) in [4.78, 5) is 2.39. The second-order valence-corrected chi connectivity index (χ2v) is 8.66. The molecule has 5 rings (SSSR count). The van der Waals surface area contributed by atoms with Crippen molar-refractivity contribution in [2.75, 3.05) is 33.3 Å². The first kappa shape index (κ1) is 14.5. The van der Waals surface area contributed by atoms with Crippen molar-refractivity contribution in [3.05, 3.63) is 0 Å². The third-order valence-corrected chi connectivity index (χ3v) is 7.00. The van der Waals surface area contributed by atoms with E-state index in [-0.39, 0.29) is 0 Å². The predicted octanol–water partition coefficient (Wildman–Crippen LogP) is 2.51. The summed E-state index contributed by atoms with van der Waals surface area (Å²) in [5.41, 5.74) is 0.620. The van der Waals surface area contributed by atoms with Gasteiger partial charge in [-0.25, -0.2) is 0 Å². The number of morpholine rings is 1. The van der Waals surface area contributed by atoms with E-state index in [1.807, 2.05) is 0 Å². The molecule has 3 heteroatoms. The number of ether oxygens (including phenoxy) is 1. The van der Waals surface area contributed by atoms with Crippen molar-refractivity contribution in [3.63, 3.8) is 0 Å². The van der Waals surface area contributed by atoms with Gasteiger partial charge in [0.2, 0.25) is 0 Å². The van der Waals surface area contributed by atoms with Crippen LogP contribution in [0.5, 0.6) is 0 Å². The molecule has 4 saturated carbocycles. The maximum Gasteiger partial charge on any atom is 0.0826 e. The summed E-state index contributed by atoms with van der Waals surface area (Å²) >= 11 is 0. The van der Waals surface area contributed by atoms with Gasteiger partial charge in [-0.15, -0.1) is 0 Å². The van der Waals surface area contributed by atoms with E-state index in [0.717, 1.165) is 44.0 Å². The Hall–Kier alpha value is -0.120. The summed E-state index contributed by atoms with van der Waals surface area (Å²) in [6.45, 7) is 6.56. The first-order valence-electron chi connectivity index (χ1n) is 9.16. The van der Waals surface area contributed by atoms with Crippen LogP contribution in [0.4, 0.5) is 0 Å². The highest BCUT2D eigenvalue weighted by atomic mass is 16.5. The summed E-state index contributed by atoms with van der Waals surface area (Å²) in [7, 11) is 2.21. The van der Waals surface area contributed by atoms with Crippen LogP contribution in [0.2, 0.25) is 0 Å². The molecule has 1 N–H and O–H groups in total. The van der Waals surface area contributed by atoms with Gasteiger partial charge in [0, 0.05) is 25.7 Å². The number of hydrogen-bond donors (Lipinski definition) is 1. The predicted molar refractivity (Wildman–Crippen MR) is 85.3 cm³/mol. The zero-order valence-electron chi connectivity index (χ0n) is 13.8. The van der Waals surface area contributed by atoms with Gasteiger partial charge in [0.15, 0.2) is 0 Å². The second-order valence-electron chi connectivity index (χ2n) is 8.66. The van der Waals surface area contributed by atoms with Crippen LogP contribution in [0, 0.1) is 23.2 Å². The van der Waals surface area contributed by atoms with Gasteiger partial charge in [-0.2, -0.15) is 0 Å². The summed E-state index contributed by atoms with van der Waals surface area (Å²) in [6.07, 6.45) is 9.52. The Morgan fingerprint density at radius 2 is 1.76 bits per heavy atom. The minimum Gasteiger partial charge on any atom is -0.374 e. The van der Waals surface area contributed by atoms with Crippen LogP contribution >= 0.6 is 0 Å². The van der Waals surface area contributed by atoms with Crippen LogP contribution in [0.1, 0.15) is 45.4 Å². The lowest BCUT2D eigenvalue weighted by Crippen LogP contribution is -2.56. The Morgan fingerprint density at radius 3 is 2.33 bits per heavy atom. The van der Waals surface area contributed by atoms with Gasteiger partial charge in [-0.05, 0) is 75.7 Å². The van der Waals surface area contributed by atoms with Gasteiger partial charge in [-0.1, -0.05) is 0 Å². The Morgan fingerprint density at radius 1 is 1.14 bits per heavy atom. The van der Waals surface area contributed by atoms with E-state index < -0.39 is 0 Å². The lowest BCUT2D eigenvalue weighted by Gasteiger charge is -2.59. The highest BCUT2D eigenvalue weighted by Crippen LogP contribution is 2.61. The monoisotopic (exact) mass is 292 g/mol. The number of likely N-dealkylation sites (N-methyl/N-ethyl adjacent to an activating group) is 1. The molecule has 0 radical (unpaired) electrons. The molecule has 0 aromatic rings. The van der Waals surface area contributed by atoms with Crippen LogP contribution in [-0.2, 0) is 4.74 Å². The van der Waals surface area contributed by atoms with Gasteiger partial charge in [0.05, 0.1) is 12.7 Å². The first-order chi connectivity index (χ1) is 10.1. The van der Waals surface area contributed by atoms with E-state index in [4.69, 9.17) is 4.74 Å². The molecule has 4 bridgehead atoms. The molecular formula is C18H32N2O. The summed E-state index contributed by atoms with van der Waals surface area (Å²) < 4.78 is 5.91. The maximum atomic E-state index is 5.91. The quantitative estimate of drug-likeness (QED) is 0.861. The SMILES string of the molecule is CC(NCC1CN(C)CCO1)C12CC3CC(CC(C3)C1)C2. The van der Waals surface area contributed by atoms with Gasteiger partial charge < -0.3 is 15.0 Å². The van der Waals surface area contributed by atoms with Crippen molar-refractivity contribution < 1.29 is 4.74 Å². The minimum absolute atomic E-state index is 0.389. The molecule has 0 aromatic heterocycles. The molecule has 0 spiro atoms. The van der Waals surface area contributed by atoms with Crippen molar-refractivity contribution in [2.24, 2.45) is 23.2 Å². The van der Waals surface area contributed by atoms with E-state index in [9.17, 15) is 0 Å². The van der Waals surface area contributed by atoms with Gasteiger partial charge in [0.25, 0.3) is 0 Å². The zero-order chi connectivity index (χ0) is 14.4. The highest BCUT2D eigenvalue weighted by molar-refractivity contribution is 5.05. The summed E-state index contributed by atoms with van der Waals surface area (Å²) in [5.74, 6) is 3.16. The molecule has 5 fully saturated rings. The maximum absolute atomic E-state index is 5.91. The van der Waals surface area contributed by atoms with E-state index in [1.54, 1.807) is 19.3 Å². The van der Waals surface area contributed by atoms with Crippen LogP contribution in [0.25, 0.3) is 0 Å². The lowest BCUT2D eigenvalue weighted by molar-refractivity contribution is -0.0752. The highest BCUT2D eigenvalue weighted by Gasteiger charge is 2.52. The molecule has 3 nitrogen and oxygen atoms in total. The Balaban J connectivity index is 1.35.